The number of hydrogen-bond donors (Lipinski definition) is 0. The molecular formula is C16H20O5. The maximum atomic E-state index is 11.3. The van der Waals surface area contributed by atoms with Gasteiger partial charge in [0.1, 0.15) is 6.29 Å². The Bertz CT molecular complexity index is 478. The Balaban J connectivity index is 2.59. The predicted octanol–water partition coefficient (Wildman–Crippen LogP) is 2.17. The van der Waals surface area contributed by atoms with E-state index in [1.165, 1.54) is 14.0 Å². The minimum atomic E-state index is -0.374. The molecule has 0 radical (unpaired) electrons. The second kappa shape index (κ2) is 8.89. The van der Waals surface area contributed by atoms with Gasteiger partial charge in [0.15, 0.2) is 0 Å². The third-order valence-electron chi connectivity index (χ3n) is 3.16. The molecule has 0 heterocycles. The lowest BCUT2D eigenvalue weighted by Crippen LogP contribution is -2.11. The zero-order valence-corrected chi connectivity index (χ0v) is 12.3. The largest absolute Gasteiger partial charge is 0.466 e. The fraction of sp³-hybridized carbons (Fsp3) is 0.438. The Labute approximate surface area is 124 Å². The van der Waals surface area contributed by atoms with Crippen molar-refractivity contribution < 1.29 is 23.9 Å². The summed E-state index contributed by atoms with van der Waals surface area (Å²) in [6.45, 7) is 1.67. The Morgan fingerprint density at radius 1 is 1.24 bits per heavy atom. The number of methoxy groups -OCH3 is 1. The van der Waals surface area contributed by atoms with E-state index in [1.54, 1.807) is 12.1 Å². The van der Waals surface area contributed by atoms with E-state index >= 15 is 0 Å². The van der Waals surface area contributed by atoms with Gasteiger partial charge >= 0.3 is 11.9 Å². The quantitative estimate of drug-likeness (QED) is 0.542. The standard InChI is InChI=1S/C16H20O5/c1-12(18)21-10-8-14(7-9-17)11-13-3-5-15(6-4-13)16(19)20-2/h3-6,9,14H,7-8,10-11H2,1-2H3. The molecule has 114 valence electrons. The molecule has 0 saturated carbocycles. The first-order chi connectivity index (χ1) is 10.1. The van der Waals surface area contributed by atoms with E-state index in [9.17, 15) is 14.4 Å². The van der Waals surface area contributed by atoms with Gasteiger partial charge in [0.05, 0.1) is 19.3 Å². The third-order valence-corrected chi connectivity index (χ3v) is 3.16. The van der Waals surface area contributed by atoms with Crippen LogP contribution in [0.1, 0.15) is 35.7 Å². The van der Waals surface area contributed by atoms with Crippen molar-refractivity contribution in [1.29, 1.82) is 0 Å². The van der Waals surface area contributed by atoms with E-state index in [0.717, 1.165) is 11.8 Å². The van der Waals surface area contributed by atoms with Crippen molar-refractivity contribution in [2.45, 2.75) is 26.2 Å². The molecule has 0 aromatic heterocycles. The molecule has 0 amide bonds. The summed E-state index contributed by atoms with van der Waals surface area (Å²) in [6.07, 6.45) is 2.62. The van der Waals surface area contributed by atoms with E-state index in [4.69, 9.17) is 4.74 Å². The lowest BCUT2D eigenvalue weighted by Gasteiger charge is -2.14. The minimum absolute atomic E-state index is 0.117. The first-order valence-electron chi connectivity index (χ1n) is 6.81. The number of benzene rings is 1. The molecule has 5 heteroatoms. The van der Waals surface area contributed by atoms with E-state index in [1.807, 2.05) is 12.1 Å². The normalized spacial score (nSPS) is 11.5. The second-order valence-electron chi connectivity index (χ2n) is 4.79. The molecule has 1 rings (SSSR count). The van der Waals surface area contributed by atoms with Crippen molar-refractivity contribution in [2.24, 2.45) is 5.92 Å². The molecule has 1 aromatic carbocycles. The van der Waals surface area contributed by atoms with Crippen molar-refractivity contribution in [3.8, 4) is 0 Å². The molecule has 0 bridgehead atoms. The van der Waals surface area contributed by atoms with E-state index in [0.29, 0.717) is 31.4 Å². The Kier molecular flexibility index (Phi) is 7.15. The average molecular weight is 292 g/mol. The first kappa shape index (κ1) is 16.9. The van der Waals surface area contributed by atoms with Gasteiger partial charge in [-0.2, -0.15) is 0 Å². The van der Waals surface area contributed by atoms with Gasteiger partial charge in [-0.25, -0.2) is 4.79 Å². The van der Waals surface area contributed by atoms with Gasteiger partial charge in [-0.3, -0.25) is 4.79 Å². The summed E-state index contributed by atoms with van der Waals surface area (Å²) in [7, 11) is 1.34. The highest BCUT2D eigenvalue weighted by molar-refractivity contribution is 5.89. The van der Waals surface area contributed by atoms with Gasteiger partial charge in [0.25, 0.3) is 0 Å². The number of esters is 2. The van der Waals surface area contributed by atoms with E-state index in [2.05, 4.69) is 4.74 Å². The summed E-state index contributed by atoms with van der Waals surface area (Å²) >= 11 is 0. The first-order valence-corrected chi connectivity index (χ1v) is 6.81. The molecule has 0 saturated heterocycles. The maximum Gasteiger partial charge on any atom is 0.337 e. The monoisotopic (exact) mass is 292 g/mol. The summed E-state index contributed by atoms with van der Waals surface area (Å²) in [5, 5.41) is 0. The molecule has 0 fully saturated rings. The van der Waals surface area contributed by atoms with Gasteiger partial charge in [-0.15, -0.1) is 0 Å². The van der Waals surface area contributed by atoms with Crippen LogP contribution in [0.2, 0.25) is 0 Å². The van der Waals surface area contributed by atoms with Crippen molar-refractivity contribution >= 4 is 18.2 Å². The number of carbonyl (C=O) groups excluding carboxylic acids is 3. The van der Waals surface area contributed by atoms with E-state index in [-0.39, 0.29) is 17.9 Å². The van der Waals surface area contributed by atoms with Gasteiger partial charge in [-0.05, 0) is 36.5 Å². The van der Waals surface area contributed by atoms with Crippen LogP contribution >= 0.6 is 0 Å². The Morgan fingerprint density at radius 2 is 1.90 bits per heavy atom. The van der Waals surface area contributed by atoms with Crippen LogP contribution in [0, 0.1) is 5.92 Å². The van der Waals surface area contributed by atoms with Crippen LogP contribution in [-0.2, 0) is 25.5 Å². The highest BCUT2D eigenvalue weighted by Gasteiger charge is 2.11. The molecule has 1 unspecified atom stereocenters. The number of ether oxygens (including phenoxy) is 2. The molecule has 1 aromatic rings. The van der Waals surface area contributed by atoms with Crippen LogP contribution in [0.5, 0.6) is 0 Å². The lowest BCUT2D eigenvalue weighted by molar-refractivity contribution is -0.141. The van der Waals surface area contributed by atoms with Crippen LogP contribution < -0.4 is 0 Å². The second-order valence-corrected chi connectivity index (χ2v) is 4.79. The topological polar surface area (TPSA) is 69.7 Å². The third kappa shape index (κ3) is 6.21. The Morgan fingerprint density at radius 3 is 2.43 bits per heavy atom. The van der Waals surface area contributed by atoms with Crippen LogP contribution in [0.4, 0.5) is 0 Å². The van der Waals surface area contributed by atoms with Crippen LogP contribution in [0.3, 0.4) is 0 Å². The van der Waals surface area contributed by atoms with Gasteiger partial charge < -0.3 is 14.3 Å². The zero-order valence-electron chi connectivity index (χ0n) is 12.3. The number of aldehydes is 1. The lowest BCUT2D eigenvalue weighted by atomic mass is 9.93. The highest BCUT2D eigenvalue weighted by atomic mass is 16.5. The summed E-state index contributed by atoms with van der Waals surface area (Å²) in [6, 6.07) is 7.09. The van der Waals surface area contributed by atoms with Crippen LogP contribution in [0.15, 0.2) is 24.3 Å². The smallest absolute Gasteiger partial charge is 0.337 e. The SMILES string of the molecule is COC(=O)c1ccc(CC(CC=O)CCOC(C)=O)cc1. The molecular weight excluding hydrogens is 272 g/mol. The fourth-order valence-corrected chi connectivity index (χ4v) is 2.04. The number of hydrogen-bond acceptors (Lipinski definition) is 5. The molecule has 5 nitrogen and oxygen atoms in total. The molecule has 0 N–H and O–H groups in total. The molecule has 0 aliphatic carbocycles. The number of rotatable bonds is 8. The minimum Gasteiger partial charge on any atom is -0.466 e. The maximum absolute atomic E-state index is 11.3. The van der Waals surface area contributed by atoms with E-state index < -0.39 is 0 Å². The highest BCUT2D eigenvalue weighted by Crippen LogP contribution is 2.16. The summed E-state index contributed by atoms with van der Waals surface area (Å²) in [5.41, 5.74) is 1.52. The summed E-state index contributed by atoms with van der Waals surface area (Å²) in [5.74, 6) is -0.575. The van der Waals surface area contributed by atoms with Gasteiger partial charge in [-0.1, -0.05) is 12.1 Å². The molecule has 1 atom stereocenters. The summed E-state index contributed by atoms with van der Waals surface area (Å²) < 4.78 is 9.54. The van der Waals surface area contributed by atoms with Crippen molar-refractivity contribution in [1.82, 2.24) is 0 Å². The average Bonchev–Trinajstić information content (AvgIpc) is 2.47. The molecule has 0 aliphatic rings. The number of carbonyl (C=O) groups is 3. The summed E-state index contributed by atoms with van der Waals surface area (Å²) in [4.78, 5) is 32.8. The van der Waals surface area contributed by atoms with Gasteiger partial charge in [0, 0.05) is 13.3 Å². The zero-order chi connectivity index (χ0) is 15.7. The van der Waals surface area contributed by atoms with Crippen LogP contribution in [0.25, 0.3) is 0 Å². The molecule has 0 aliphatic heterocycles. The fourth-order valence-electron chi connectivity index (χ4n) is 2.04. The van der Waals surface area contributed by atoms with Crippen molar-refractivity contribution in [3.63, 3.8) is 0 Å². The van der Waals surface area contributed by atoms with Crippen molar-refractivity contribution in [2.75, 3.05) is 13.7 Å². The molecule has 21 heavy (non-hydrogen) atoms. The van der Waals surface area contributed by atoms with Crippen LogP contribution in [-0.4, -0.2) is 31.9 Å². The Hall–Kier alpha value is -2.17. The predicted molar refractivity (Wildman–Crippen MR) is 76.9 cm³/mol. The van der Waals surface area contributed by atoms with Crippen molar-refractivity contribution in [3.05, 3.63) is 35.4 Å². The molecule has 0 spiro atoms. The van der Waals surface area contributed by atoms with Gasteiger partial charge in [0.2, 0.25) is 0 Å².